The Kier molecular flexibility index (Phi) is 4.55. The standard InChI is InChI=1S/C13H18N2O3S/c1-9(7-15-4-2-3-12(15)16)14-6-11-5-10(8-19-11)13(17)18/h5,8-9,14H,2-4,6-7H2,1H3,(H,17,18). The molecule has 1 aliphatic heterocycles. The molecule has 1 atom stereocenters. The van der Waals surface area contributed by atoms with E-state index >= 15 is 0 Å². The Hall–Kier alpha value is -1.40. The van der Waals surface area contributed by atoms with E-state index in [2.05, 4.69) is 5.32 Å². The molecule has 5 nitrogen and oxygen atoms in total. The van der Waals surface area contributed by atoms with Crippen molar-refractivity contribution in [2.24, 2.45) is 0 Å². The van der Waals surface area contributed by atoms with E-state index in [1.807, 2.05) is 11.8 Å². The number of carbonyl (C=O) groups excluding carboxylic acids is 1. The highest BCUT2D eigenvalue weighted by atomic mass is 32.1. The van der Waals surface area contributed by atoms with Crippen LogP contribution in [0.4, 0.5) is 0 Å². The first-order valence-corrected chi connectivity index (χ1v) is 7.26. The lowest BCUT2D eigenvalue weighted by Crippen LogP contribution is -2.39. The lowest BCUT2D eigenvalue weighted by molar-refractivity contribution is -0.127. The Morgan fingerprint density at radius 1 is 1.63 bits per heavy atom. The number of amides is 1. The van der Waals surface area contributed by atoms with Gasteiger partial charge in [-0.1, -0.05) is 0 Å². The molecule has 2 rings (SSSR count). The van der Waals surface area contributed by atoms with Crippen LogP contribution in [0.25, 0.3) is 0 Å². The van der Waals surface area contributed by atoms with E-state index in [1.54, 1.807) is 11.4 Å². The summed E-state index contributed by atoms with van der Waals surface area (Å²) in [5.74, 6) is -0.656. The summed E-state index contributed by atoms with van der Waals surface area (Å²) in [7, 11) is 0. The van der Waals surface area contributed by atoms with Gasteiger partial charge in [-0.15, -0.1) is 11.3 Å². The lowest BCUT2D eigenvalue weighted by atomic mass is 10.3. The van der Waals surface area contributed by atoms with Gasteiger partial charge in [-0.25, -0.2) is 4.79 Å². The summed E-state index contributed by atoms with van der Waals surface area (Å²) < 4.78 is 0. The molecule has 0 saturated carbocycles. The fraction of sp³-hybridized carbons (Fsp3) is 0.538. The van der Waals surface area contributed by atoms with Crippen molar-refractivity contribution in [1.29, 1.82) is 0 Å². The maximum atomic E-state index is 11.5. The molecule has 1 aliphatic rings. The van der Waals surface area contributed by atoms with Gasteiger partial charge in [0.2, 0.25) is 5.91 Å². The minimum atomic E-state index is -0.891. The molecule has 6 heteroatoms. The topological polar surface area (TPSA) is 69.6 Å². The third kappa shape index (κ3) is 3.78. The van der Waals surface area contributed by atoms with Crippen LogP contribution in [0, 0.1) is 0 Å². The lowest BCUT2D eigenvalue weighted by Gasteiger charge is -2.21. The van der Waals surface area contributed by atoms with Crippen LogP contribution in [0.1, 0.15) is 35.0 Å². The zero-order valence-corrected chi connectivity index (χ0v) is 11.7. The molecular weight excluding hydrogens is 264 g/mol. The van der Waals surface area contributed by atoms with Crippen molar-refractivity contribution in [3.05, 3.63) is 21.9 Å². The smallest absolute Gasteiger partial charge is 0.336 e. The highest BCUT2D eigenvalue weighted by Crippen LogP contribution is 2.15. The summed E-state index contributed by atoms with van der Waals surface area (Å²) in [6.45, 7) is 4.25. The predicted molar refractivity (Wildman–Crippen MR) is 73.4 cm³/mol. The number of hydrogen-bond acceptors (Lipinski definition) is 4. The van der Waals surface area contributed by atoms with Crippen LogP contribution < -0.4 is 5.32 Å². The molecule has 1 amide bonds. The van der Waals surface area contributed by atoms with E-state index in [9.17, 15) is 9.59 Å². The minimum absolute atomic E-state index is 0.206. The molecule has 0 bridgehead atoms. The fourth-order valence-corrected chi connectivity index (χ4v) is 2.96. The summed E-state index contributed by atoms with van der Waals surface area (Å²) in [5, 5.41) is 13.8. The van der Waals surface area contributed by atoms with Crippen LogP contribution in [0.3, 0.4) is 0 Å². The van der Waals surface area contributed by atoms with Crippen molar-refractivity contribution in [2.75, 3.05) is 13.1 Å². The Balaban J connectivity index is 1.77. The highest BCUT2D eigenvalue weighted by molar-refractivity contribution is 7.10. The molecule has 1 saturated heterocycles. The summed E-state index contributed by atoms with van der Waals surface area (Å²) in [6, 6.07) is 1.89. The van der Waals surface area contributed by atoms with Crippen LogP contribution >= 0.6 is 11.3 Å². The van der Waals surface area contributed by atoms with Crippen molar-refractivity contribution < 1.29 is 14.7 Å². The second-order valence-corrected chi connectivity index (χ2v) is 5.83. The molecule has 2 N–H and O–H groups in total. The van der Waals surface area contributed by atoms with Gasteiger partial charge in [0.15, 0.2) is 0 Å². The van der Waals surface area contributed by atoms with Gasteiger partial charge >= 0.3 is 5.97 Å². The summed E-state index contributed by atoms with van der Waals surface area (Å²) in [4.78, 5) is 25.1. The molecule has 104 valence electrons. The number of rotatable bonds is 6. The number of nitrogens with one attached hydrogen (secondary N) is 1. The van der Waals surface area contributed by atoms with Gasteiger partial charge in [0, 0.05) is 42.4 Å². The van der Waals surface area contributed by atoms with Crippen LogP contribution in [-0.4, -0.2) is 41.0 Å². The normalized spacial score (nSPS) is 16.9. The average Bonchev–Trinajstić information content (AvgIpc) is 2.97. The molecule has 1 unspecified atom stereocenters. The third-order valence-electron chi connectivity index (χ3n) is 3.19. The zero-order chi connectivity index (χ0) is 13.8. The van der Waals surface area contributed by atoms with Gasteiger partial charge < -0.3 is 15.3 Å². The number of aromatic carboxylic acids is 1. The van der Waals surface area contributed by atoms with Crippen molar-refractivity contribution in [1.82, 2.24) is 10.2 Å². The molecular formula is C13H18N2O3S. The SMILES string of the molecule is CC(CN1CCCC1=O)NCc1cc(C(=O)O)cs1. The van der Waals surface area contributed by atoms with Crippen LogP contribution in [0.5, 0.6) is 0 Å². The maximum absolute atomic E-state index is 11.5. The average molecular weight is 282 g/mol. The largest absolute Gasteiger partial charge is 0.478 e. The second kappa shape index (κ2) is 6.16. The molecule has 1 fully saturated rings. The Bertz CT molecular complexity index is 472. The quantitative estimate of drug-likeness (QED) is 0.830. The number of nitrogens with zero attached hydrogens (tertiary/aromatic N) is 1. The van der Waals surface area contributed by atoms with Gasteiger partial charge in [0.25, 0.3) is 0 Å². The van der Waals surface area contributed by atoms with E-state index in [0.29, 0.717) is 18.5 Å². The van der Waals surface area contributed by atoms with Gasteiger partial charge in [0.05, 0.1) is 5.56 Å². The predicted octanol–water partition coefficient (Wildman–Crippen LogP) is 1.55. The second-order valence-electron chi connectivity index (χ2n) is 4.83. The van der Waals surface area contributed by atoms with Crippen LogP contribution in [0.2, 0.25) is 0 Å². The first kappa shape index (κ1) is 14.0. The van der Waals surface area contributed by atoms with Crippen molar-refractivity contribution in [3.63, 3.8) is 0 Å². The molecule has 0 aromatic carbocycles. The first-order valence-electron chi connectivity index (χ1n) is 6.38. The molecule has 19 heavy (non-hydrogen) atoms. The summed E-state index contributed by atoms with van der Waals surface area (Å²) >= 11 is 1.44. The van der Waals surface area contributed by atoms with E-state index in [-0.39, 0.29) is 11.9 Å². The highest BCUT2D eigenvalue weighted by Gasteiger charge is 2.21. The Labute approximate surface area is 116 Å². The van der Waals surface area contributed by atoms with Crippen molar-refractivity contribution >= 4 is 23.2 Å². The fourth-order valence-electron chi connectivity index (χ4n) is 2.15. The number of carboxylic acids is 1. The Morgan fingerprint density at radius 3 is 3.00 bits per heavy atom. The third-order valence-corrected chi connectivity index (χ3v) is 4.13. The summed E-state index contributed by atoms with van der Waals surface area (Å²) in [5.41, 5.74) is 0.337. The van der Waals surface area contributed by atoms with Gasteiger partial charge in [-0.3, -0.25) is 4.79 Å². The van der Waals surface area contributed by atoms with E-state index in [0.717, 1.165) is 24.4 Å². The maximum Gasteiger partial charge on any atom is 0.336 e. The van der Waals surface area contributed by atoms with E-state index < -0.39 is 5.97 Å². The van der Waals surface area contributed by atoms with E-state index in [4.69, 9.17) is 5.11 Å². The number of thiophene rings is 1. The molecule has 2 heterocycles. The number of carboxylic acid groups (broad SMARTS) is 1. The van der Waals surface area contributed by atoms with Crippen molar-refractivity contribution in [2.45, 2.75) is 32.4 Å². The number of carbonyl (C=O) groups is 2. The van der Waals surface area contributed by atoms with Gasteiger partial charge in [0.1, 0.15) is 0 Å². The summed E-state index contributed by atoms with van der Waals surface area (Å²) in [6.07, 6.45) is 1.62. The number of likely N-dealkylation sites (tertiary alicyclic amines) is 1. The van der Waals surface area contributed by atoms with Gasteiger partial charge in [-0.05, 0) is 19.4 Å². The zero-order valence-electron chi connectivity index (χ0n) is 10.9. The van der Waals surface area contributed by atoms with Crippen LogP contribution in [-0.2, 0) is 11.3 Å². The van der Waals surface area contributed by atoms with Crippen molar-refractivity contribution in [3.8, 4) is 0 Å². The van der Waals surface area contributed by atoms with E-state index in [1.165, 1.54) is 11.3 Å². The molecule has 0 aliphatic carbocycles. The molecule has 1 aromatic rings. The molecule has 1 aromatic heterocycles. The Morgan fingerprint density at radius 2 is 2.42 bits per heavy atom. The molecule has 0 spiro atoms. The molecule has 0 radical (unpaired) electrons. The monoisotopic (exact) mass is 282 g/mol. The number of hydrogen-bond donors (Lipinski definition) is 2. The van der Waals surface area contributed by atoms with Crippen LogP contribution in [0.15, 0.2) is 11.4 Å². The van der Waals surface area contributed by atoms with Gasteiger partial charge in [-0.2, -0.15) is 0 Å². The minimum Gasteiger partial charge on any atom is -0.478 e. The first-order chi connectivity index (χ1) is 9.06.